The van der Waals surface area contributed by atoms with Crippen LogP contribution >= 0.6 is 11.6 Å². The monoisotopic (exact) mass is 367 g/mol. The van der Waals surface area contributed by atoms with E-state index in [1.165, 1.54) is 0 Å². The number of hydrogen-bond acceptors (Lipinski definition) is 4. The number of carboxylic acid groups (broad SMARTS) is 1. The summed E-state index contributed by atoms with van der Waals surface area (Å²) in [5.41, 5.74) is 0.960. The van der Waals surface area contributed by atoms with Crippen molar-refractivity contribution in [2.75, 3.05) is 19.8 Å². The number of rotatable bonds is 5. The van der Waals surface area contributed by atoms with Gasteiger partial charge in [0.15, 0.2) is 11.5 Å². The molecule has 2 N–H and O–H groups in total. The van der Waals surface area contributed by atoms with Crippen LogP contribution in [0.3, 0.4) is 0 Å². The molecule has 25 heavy (non-hydrogen) atoms. The molecule has 1 heterocycles. The van der Waals surface area contributed by atoms with Crippen molar-refractivity contribution in [1.29, 1.82) is 0 Å². The highest BCUT2D eigenvalue weighted by Crippen LogP contribution is 2.38. The van der Waals surface area contributed by atoms with Gasteiger partial charge in [-0.05, 0) is 43.4 Å². The second-order valence-electron chi connectivity index (χ2n) is 6.54. The maximum Gasteiger partial charge on any atom is 0.306 e. The van der Waals surface area contributed by atoms with Crippen molar-refractivity contribution in [2.45, 2.75) is 32.1 Å². The number of carbonyl (C=O) groups is 2. The Morgan fingerprint density at radius 2 is 1.96 bits per heavy atom. The fourth-order valence-corrected chi connectivity index (χ4v) is 3.72. The van der Waals surface area contributed by atoms with Gasteiger partial charge in [-0.3, -0.25) is 9.59 Å². The zero-order valence-electron chi connectivity index (χ0n) is 13.9. The molecule has 1 aliphatic carbocycles. The number of benzene rings is 1. The van der Waals surface area contributed by atoms with Crippen LogP contribution in [0, 0.1) is 11.8 Å². The average Bonchev–Trinajstić information content (AvgIpc) is 2.62. The Hall–Kier alpha value is -1.95. The first-order valence-electron chi connectivity index (χ1n) is 8.63. The van der Waals surface area contributed by atoms with Gasteiger partial charge in [-0.15, -0.1) is 0 Å². The number of carbonyl (C=O) groups excluding carboxylic acids is 1. The van der Waals surface area contributed by atoms with Gasteiger partial charge in [0.2, 0.25) is 5.91 Å². The molecule has 2 aliphatic rings. The van der Waals surface area contributed by atoms with Gasteiger partial charge in [0.1, 0.15) is 13.2 Å². The first kappa shape index (κ1) is 17.9. The second kappa shape index (κ2) is 7.95. The number of halogens is 1. The molecule has 2 atom stereocenters. The van der Waals surface area contributed by atoms with E-state index in [-0.39, 0.29) is 11.8 Å². The molecule has 1 aliphatic heterocycles. The van der Waals surface area contributed by atoms with Crippen molar-refractivity contribution >= 4 is 23.5 Å². The lowest BCUT2D eigenvalue weighted by Gasteiger charge is -2.25. The first-order chi connectivity index (χ1) is 12.0. The van der Waals surface area contributed by atoms with Gasteiger partial charge >= 0.3 is 5.97 Å². The molecule has 0 radical (unpaired) electrons. The van der Waals surface area contributed by atoms with Gasteiger partial charge in [-0.2, -0.15) is 0 Å². The van der Waals surface area contributed by atoms with Crippen LogP contribution in [0.15, 0.2) is 12.1 Å². The number of ether oxygens (including phenoxy) is 2. The Labute approximate surface area is 151 Å². The van der Waals surface area contributed by atoms with Crippen LogP contribution < -0.4 is 14.8 Å². The summed E-state index contributed by atoms with van der Waals surface area (Å²) < 4.78 is 11.0. The van der Waals surface area contributed by atoms with Crippen LogP contribution in [-0.2, 0) is 16.0 Å². The van der Waals surface area contributed by atoms with E-state index in [0.717, 1.165) is 18.4 Å². The van der Waals surface area contributed by atoms with E-state index in [4.69, 9.17) is 26.2 Å². The van der Waals surface area contributed by atoms with Gasteiger partial charge in [-0.1, -0.05) is 18.0 Å². The molecular formula is C18H22ClNO5. The van der Waals surface area contributed by atoms with Crippen LogP contribution in [0.4, 0.5) is 0 Å². The first-order valence-corrected chi connectivity index (χ1v) is 9.01. The molecular weight excluding hydrogens is 346 g/mol. The highest BCUT2D eigenvalue weighted by molar-refractivity contribution is 6.32. The van der Waals surface area contributed by atoms with E-state index in [1.807, 2.05) is 12.1 Å². The minimum Gasteiger partial charge on any atom is -0.486 e. The van der Waals surface area contributed by atoms with Crippen molar-refractivity contribution < 1.29 is 24.2 Å². The lowest BCUT2D eigenvalue weighted by atomic mass is 9.81. The van der Waals surface area contributed by atoms with Crippen LogP contribution in [-0.4, -0.2) is 36.7 Å². The molecule has 0 bridgehead atoms. The fourth-order valence-electron chi connectivity index (χ4n) is 3.44. The van der Waals surface area contributed by atoms with Gasteiger partial charge in [0.05, 0.1) is 10.9 Å². The van der Waals surface area contributed by atoms with Crippen LogP contribution in [0.25, 0.3) is 0 Å². The SMILES string of the molecule is O=C(O)C1CCCC(C(=O)NCCc2cc(Cl)c3c(c2)OCCO3)C1. The van der Waals surface area contributed by atoms with Gasteiger partial charge in [0, 0.05) is 12.5 Å². The summed E-state index contributed by atoms with van der Waals surface area (Å²) in [5.74, 6) is -0.267. The van der Waals surface area contributed by atoms with E-state index >= 15 is 0 Å². The third-order valence-corrected chi connectivity index (χ3v) is 5.04. The highest BCUT2D eigenvalue weighted by atomic mass is 35.5. The van der Waals surface area contributed by atoms with Crippen LogP contribution in [0.1, 0.15) is 31.2 Å². The molecule has 136 valence electrons. The largest absolute Gasteiger partial charge is 0.486 e. The van der Waals surface area contributed by atoms with Crippen LogP contribution in [0.5, 0.6) is 11.5 Å². The molecule has 1 aromatic rings. The summed E-state index contributed by atoms with van der Waals surface area (Å²) in [7, 11) is 0. The Morgan fingerprint density at radius 3 is 2.76 bits per heavy atom. The molecule has 1 amide bonds. The van der Waals surface area contributed by atoms with Crippen molar-refractivity contribution in [3.8, 4) is 11.5 Å². The fraction of sp³-hybridized carbons (Fsp3) is 0.556. The van der Waals surface area contributed by atoms with E-state index in [1.54, 1.807) is 0 Å². The quantitative estimate of drug-likeness (QED) is 0.835. The maximum atomic E-state index is 12.3. The Kier molecular flexibility index (Phi) is 5.68. The summed E-state index contributed by atoms with van der Waals surface area (Å²) in [6.45, 7) is 1.46. The van der Waals surface area contributed by atoms with E-state index in [0.29, 0.717) is 55.5 Å². The number of hydrogen-bond donors (Lipinski definition) is 2. The number of amides is 1. The smallest absolute Gasteiger partial charge is 0.306 e. The zero-order valence-corrected chi connectivity index (χ0v) is 14.7. The minimum atomic E-state index is -0.802. The number of aliphatic carboxylic acids is 1. The molecule has 1 aromatic carbocycles. The topological polar surface area (TPSA) is 84.9 Å². The third kappa shape index (κ3) is 4.37. The van der Waals surface area contributed by atoms with Gasteiger partial charge < -0.3 is 19.9 Å². The molecule has 2 unspecified atom stereocenters. The van der Waals surface area contributed by atoms with Crippen molar-refractivity contribution in [1.82, 2.24) is 5.32 Å². The molecule has 1 saturated carbocycles. The summed E-state index contributed by atoms with van der Waals surface area (Å²) in [5, 5.41) is 12.5. The van der Waals surface area contributed by atoms with E-state index in [9.17, 15) is 9.59 Å². The summed E-state index contributed by atoms with van der Waals surface area (Å²) in [6.07, 6.45) is 3.25. The molecule has 0 saturated heterocycles. The average molecular weight is 368 g/mol. The van der Waals surface area contributed by atoms with Gasteiger partial charge in [-0.25, -0.2) is 0 Å². The maximum absolute atomic E-state index is 12.3. The normalized spacial score (nSPS) is 22.3. The predicted octanol–water partition coefficient (Wildman–Crippen LogP) is 2.66. The molecule has 6 nitrogen and oxygen atoms in total. The molecule has 0 aromatic heterocycles. The van der Waals surface area contributed by atoms with Crippen molar-refractivity contribution in [2.24, 2.45) is 11.8 Å². The number of carboxylic acids is 1. The minimum absolute atomic E-state index is 0.0606. The molecule has 1 fully saturated rings. The second-order valence-corrected chi connectivity index (χ2v) is 6.95. The Balaban J connectivity index is 1.52. The standard InChI is InChI=1S/C18H22ClNO5/c19-14-8-11(9-15-16(14)25-7-6-24-15)4-5-20-17(21)12-2-1-3-13(10-12)18(22)23/h8-9,12-13H,1-7,10H2,(H,20,21)(H,22,23). The lowest BCUT2D eigenvalue weighted by Crippen LogP contribution is -2.36. The van der Waals surface area contributed by atoms with Gasteiger partial charge in [0.25, 0.3) is 0 Å². The van der Waals surface area contributed by atoms with E-state index in [2.05, 4.69) is 5.32 Å². The summed E-state index contributed by atoms with van der Waals surface area (Å²) in [6, 6.07) is 3.70. The van der Waals surface area contributed by atoms with Crippen LogP contribution in [0.2, 0.25) is 5.02 Å². The Bertz CT molecular complexity index is 663. The lowest BCUT2D eigenvalue weighted by molar-refractivity contribution is -0.144. The summed E-state index contributed by atoms with van der Waals surface area (Å²) >= 11 is 6.21. The molecule has 7 heteroatoms. The zero-order chi connectivity index (χ0) is 17.8. The third-order valence-electron chi connectivity index (χ3n) is 4.76. The van der Waals surface area contributed by atoms with E-state index < -0.39 is 11.9 Å². The highest BCUT2D eigenvalue weighted by Gasteiger charge is 2.30. The number of nitrogens with one attached hydrogen (secondary N) is 1. The predicted molar refractivity (Wildman–Crippen MR) is 92.2 cm³/mol. The van der Waals surface area contributed by atoms with Crippen molar-refractivity contribution in [3.05, 3.63) is 22.7 Å². The Morgan fingerprint density at radius 1 is 1.20 bits per heavy atom. The molecule has 0 spiro atoms. The number of fused-ring (bicyclic) bond motifs is 1. The molecule has 3 rings (SSSR count). The summed E-state index contributed by atoms with van der Waals surface area (Å²) in [4.78, 5) is 23.4. The van der Waals surface area contributed by atoms with Crippen molar-refractivity contribution in [3.63, 3.8) is 0 Å².